The number of rotatable bonds is 5. The minimum atomic E-state index is -3.96. The third-order valence-corrected chi connectivity index (χ3v) is 2.77. The number of carbonyl (C=O) groups is 1. The van der Waals surface area contributed by atoms with Gasteiger partial charge < -0.3 is 4.74 Å². The SMILES string of the molecule is CC=C(C(=O)OCC)S(=O)(=O)OCC. The summed E-state index contributed by atoms with van der Waals surface area (Å²) < 4.78 is 31.6. The van der Waals surface area contributed by atoms with Gasteiger partial charge in [0, 0.05) is 0 Å². The lowest BCUT2D eigenvalue weighted by molar-refractivity contribution is -0.137. The quantitative estimate of drug-likeness (QED) is 0.391. The summed E-state index contributed by atoms with van der Waals surface area (Å²) in [7, 11) is -3.96. The van der Waals surface area contributed by atoms with Crippen molar-refractivity contribution in [2.45, 2.75) is 20.8 Å². The molecular weight excluding hydrogens is 208 g/mol. The third kappa shape index (κ3) is 3.47. The van der Waals surface area contributed by atoms with Crippen molar-refractivity contribution >= 4 is 16.1 Å². The highest BCUT2D eigenvalue weighted by atomic mass is 32.2. The Bertz CT molecular complexity index is 315. The van der Waals surface area contributed by atoms with Gasteiger partial charge in [0.15, 0.2) is 4.91 Å². The van der Waals surface area contributed by atoms with Gasteiger partial charge in [-0.15, -0.1) is 0 Å². The Hall–Kier alpha value is -0.880. The van der Waals surface area contributed by atoms with E-state index in [-0.39, 0.29) is 13.2 Å². The normalized spacial score (nSPS) is 12.6. The van der Waals surface area contributed by atoms with Gasteiger partial charge in [0.1, 0.15) is 0 Å². The lowest BCUT2D eigenvalue weighted by Gasteiger charge is -2.06. The lowest BCUT2D eigenvalue weighted by atomic mass is 10.5. The van der Waals surface area contributed by atoms with Crippen LogP contribution in [0.1, 0.15) is 20.8 Å². The smallest absolute Gasteiger partial charge is 0.351 e. The number of ether oxygens (including phenoxy) is 1. The standard InChI is InChI=1S/C8H14O5S/c1-4-7(8(9)12-5-2)14(10,11)13-6-3/h4H,5-6H2,1-3H3. The van der Waals surface area contributed by atoms with E-state index in [0.717, 1.165) is 6.08 Å². The molecule has 0 atom stereocenters. The van der Waals surface area contributed by atoms with Crippen molar-refractivity contribution in [3.05, 3.63) is 11.0 Å². The molecule has 0 aliphatic heterocycles. The van der Waals surface area contributed by atoms with E-state index in [1.165, 1.54) is 13.8 Å². The Labute approximate surface area is 83.8 Å². The van der Waals surface area contributed by atoms with Crippen LogP contribution in [0.25, 0.3) is 0 Å². The first kappa shape index (κ1) is 13.1. The highest BCUT2D eigenvalue weighted by molar-refractivity contribution is 7.91. The second kappa shape index (κ2) is 5.77. The molecule has 5 nitrogen and oxygen atoms in total. The summed E-state index contributed by atoms with van der Waals surface area (Å²) in [5.74, 6) is -0.886. The van der Waals surface area contributed by atoms with Gasteiger partial charge >= 0.3 is 16.1 Å². The molecule has 0 fully saturated rings. The number of allylic oxidation sites excluding steroid dienone is 1. The second-order valence-corrected chi connectivity index (χ2v) is 3.82. The fourth-order valence-corrected chi connectivity index (χ4v) is 1.77. The minimum Gasteiger partial charge on any atom is -0.462 e. The number of carbonyl (C=O) groups excluding carboxylic acids is 1. The lowest BCUT2D eigenvalue weighted by Crippen LogP contribution is -2.18. The summed E-state index contributed by atoms with van der Waals surface area (Å²) in [4.78, 5) is 10.7. The third-order valence-electron chi connectivity index (χ3n) is 1.28. The summed E-state index contributed by atoms with van der Waals surface area (Å²) in [6, 6.07) is 0. The van der Waals surface area contributed by atoms with Crippen LogP contribution in [0.2, 0.25) is 0 Å². The molecule has 0 saturated carbocycles. The molecule has 0 heterocycles. The molecule has 14 heavy (non-hydrogen) atoms. The van der Waals surface area contributed by atoms with Crippen LogP contribution in [0.3, 0.4) is 0 Å². The van der Waals surface area contributed by atoms with E-state index in [1.807, 2.05) is 0 Å². The molecule has 0 unspecified atom stereocenters. The topological polar surface area (TPSA) is 69.7 Å². The van der Waals surface area contributed by atoms with E-state index < -0.39 is 21.0 Å². The monoisotopic (exact) mass is 222 g/mol. The average Bonchev–Trinajstić information content (AvgIpc) is 2.04. The first-order valence-corrected chi connectivity index (χ1v) is 5.63. The van der Waals surface area contributed by atoms with Gasteiger partial charge in [0.05, 0.1) is 13.2 Å². The van der Waals surface area contributed by atoms with E-state index in [2.05, 4.69) is 8.92 Å². The maximum absolute atomic E-state index is 11.3. The van der Waals surface area contributed by atoms with E-state index >= 15 is 0 Å². The molecule has 0 aromatic rings. The van der Waals surface area contributed by atoms with Crippen molar-refractivity contribution in [1.82, 2.24) is 0 Å². The Kier molecular flexibility index (Phi) is 5.40. The Morgan fingerprint density at radius 2 is 1.86 bits per heavy atom. The van der Waals surface area contributed by atoms with Crippen LogP contribution in [0, 0.1) is 0 Å². The van der Waals surface area contributed by atoms with Crippen LogP contribution >= 0.6 is 0 Å². The largest absolute Gasteiger partial charge is 0.462 e. The maximum atomic E-state index is 11.3. The molecule has 0 amide bonds. The summed E-state index contributed by atoms with van der Waals surface area (Å²) in [5.41, 5.74) is 0. The Morgan fingerprint density at radius 3 is 2.21 bits per heavy atom. The number of hydrogen-bond acceptors (Lipinski definition) is 5. The number of hydrogen-bond donors (Lipinski definition) is 0. The van der Waals surface area contributed by atoms with Gasteiger partial charge in [-0.3, -0.25) is 4.18 Å². The Balaban J connectivity index is 4.84. The zero-order chi connectivity index (χ0) is 11.2. The van der Waals surface area contributed by atoms with Crippen LogP contribution in [-0.4, -0.2) is 27.6 Å². The van der Waals surface area contributed by atoms with Crippen LogP contribution in [0.4, 0.5) is 0 Å². The van der Waals surface area contributed by atoms with Crippen molar-refractivity contribution in [2.24, 2.45) is 0 Å². The van der Waals surface area contributed by atoms with E-state index in [1.54, 1.807) is 6.92 Å². The van der Waals surface area contributed by atoms with Gasteiger partial charge in [-0.25, -0.2) is 4.79 Å². The van der Waals surface area contributed by atoms with Gasteiger partial charge in [-0.05, 0) is 20.8 Å². The van der Waals surface area contributed by atoms with Gasteiger partial charge in [-0.2, -0.15) is 8.42 Å². The maximum Gasteiger partial charge on any atom is 0.351 e. The Morgan fingerprint density at radius 1 is 1.29 bits per heavy atom. The van der Waals surface area contributed by atoms with Crippen LogP contribution in [0.15, 0.2) is 11.0 Å². The molecule has 0 rings (SSSR count). The average molecular weight is 222 g/mol. The van der Waals surface area contributed by atoms with Crippen molar-refractivity contribution in [3.63, 3.8) is 0 Å². The van der Waals surface area contributed by atoms with Crippen molar-refractivity contribution < 1.29 is 22.1 Å². The zero-order valence-electron chi connectivity index (χ0n) is 8.44. The van der Waals surface area contributed by atoms with Gasteiger partial charge in [-0.1, -0.05) is 6.08 Å². The van der Waals surface area contributed by atoms with Crippen molar-refractivity contribution in [1.29, 1.82) is 0 Å². The summed E-state index contributed by atoms with van der Waals surface area (Å²) in [5, 5.41) is 0. The van der Waals surface area contributed by atoms with Crippen LogP contribution < -0.4 is 0 Å². The van der Waals surface area contributed by atoms with Gasteiger partial charge in [0.2, 0.25) is 0 Å². The van der Waals surface area contributed by atoms with Gasteiger partial charge in [0.25, 0.3) is 0 Å². The highest BCUT2D eigenvalue weighted by Crippen LogP contribution is 2.10. The van der Waals surface area contributed by atoms with Crippen molar-refractivity contribution in [2.75, 3.05) is 13.2 Å². The molecular formula is C8H14O5S. The van der Waals surface area contributed by atoms with Crippen LogP contribution in [-0.2, 0) is 23.8 Å². The molecule has 0 aromatic carbocycles. The predicted molar refractivity (Wildman–Crippen MR) is 50.9 cm³/mol. The molecule has 0 radical (unpaired) electrons. The highest BCUT2D eigenvalue weighted by Gasteiger charge is 2.25. The molecule has 82 valence electrons. The molecule has 0 N–H and O–H groups in total. The van der Waals surface area contributed by atoms with E-state index in [9.17, 15) is 13.2 Å². The summed E-state index contributed by atoms with van der Waals surface area (Å²) in [6.07, 6.45) is 1.16. The molecule has 0 bridgehead atoms. The molecule has 0 saturated heterocycles. The molecule has 0 aliphatic rings. The molecule has 0 aromatic heterocycles. The van der Waals surface area contributed by atoms with Crippen LogP contribution in [0.5, 0.6) is 0 Å². The van der Waals surface area contributed by atoms with E-state index in [0.29, 0.717) is 0 Å². The first-order valence-electron chi connectivity index (χ1n) is 4.22. The molecule has 0 spiro atoms. The first-order chi connectivity index (χ1) is 6.49. The second-order valence-electron chi connectivity index (χ2n) is 2.23. The predicted octanol–water partition coefficient (Wildman–Crippen LogP) is 0.820. The minimum absolute atomic E-state index is 0.0148. The number of esters is 1. The molecule has 0 aliphatic carbocycles. The fourth-order valence-electron chi connectivity index (χ4n) is 0.785. The van der Waals surface area contributed by atoms with E-state index in [4.69, 9.17) is 0 Å². The van der Waals surface area contributed by atoms with Crippen molar-refractivity contribution in [3.8, 4) is 0 Å². The fraction of sp³-hybridized carbons (Fsp3) is 0.625. The summed E-state index contributed by atoms with van der Waals surface area (Å²) >= 11 is 0. The summed E-state index contributed by atoms with van der Waals surface area (Å²) in [6.45, 7) is 4.66. The zero-order valence-corrected chi connectivity index (χ0v) is 9.26. The molecule has 6 heteroatoms.